The third-order valence-electron chi connectivity index (χ3n) is 5.49. The molecule has 2 amide bonds. The highest BCUT2D eigenvalue weighted by molar-refractivity contribution is 7.10. The monoisotopic (exact) mass is 444 g/mol. The van der Waals surface area contributed by atoms with Gasteiger partial charge in [-0.15, -0.1) is 11.3 Å². The van der Waals surface area contributed by atoms with Crippen molar-refractivity contribution >= 4 is 23.2 Å². The number of carbonyl (C=O) groups excluding carboxylic acids is 2. The number of rotatable bonds is 9. The second-order valence-electron chi connectivity index (χ2n) is 8.06. The molecule has 0 bridgehead atoms. The molecule has 0 aliphatic carbocycles. The number of ether oxygens (including phenoxy) is 2. The second-order valence-corrected chi connectivity index (χ2v) is 9.06. The number of hydrogen-bond acceptors (Lipinski definition) is 5. The van der Waals surface area contributed by atoms with E-state index in [4.69, 9.17) is 9.47 Å². The van der Waals surface area contributed by atoms with Crippen molar-refractivity contribution in [3.63, 3.8) is 0 Å². The molecule has 1 aromatic heterocycles. The number of benzene rings is 1. The maximum atomic E-state index is 13.3. The minimum absolute atomic E-state index is 0.0209. The van der Waals surface area contributed by atoms with Gasteiger partial charge in [0.05, 0.1) is 19.7 Å². The van der Waals surface area contributed by atoms with Gasteiger partial charge in [-0.05, 0) is 42.0 Å². The Balaban J connectivity index is 1.77. The average molecular weight is 445 g/mol. The van der Waals surface area contributed by atoms with Gasteiger partial charge in [0.25, 0.3) is 0 Å². The fourth-order valence-corrected chi connectivity index (χ4v) is 4.83. The molecule has 0 fully saturated rings. The SMILES string of the molecule is CCCN(CC(=O)N1CCc2sccc2[C@H]1COc1cccc(OC)c1)C(=O)C(C)C. The Labute approximate surface area is 188 Å². The summed E-state index contributed by atoms with van der Waals surface area (Å²) in [5, 5.41) is 2.07. The molecule has 1 aliphatic heterocycles. The first-order valence-electron chi connectivity index (χ1n) is 10.9. The van der Waals surface area contributed by atoms with Crippen LogP contribution in [0, 0.1) is 5.92 Å². The van der Waals surface area contributed by atoms with Crippen molar-refractivity contribution < 1.29 is 19.1 Å². The molecule has 0 N–H and O–H groups in total. The molecule has 0 saturated heterocycles. The molecule has 1 aliphatic rings. The molecule has 7 heteroatoms. The molecular formula is C24H32N2O4S. The quantitative estimate of drug-likeness (QED) is 0.583. The van der Waals surface area contributed by atoms with Gasteiger partial charge >= 0.3 is 0 Å². The van der Waals surface area contributed by atoms with Crippen LogP contribution in [0.4, 0.5) is 0 Å². The lowest BCUT2D eigenvalue weighted by molar-refractivity contribution is -0.144. The highest BCUT2D eigenvalue weighted by Crippen LogP contribution is 2.34. The number of thiophene rings is 1. The van der Waals surface area contributed by atoms with Gasteiger partial charge in [-0.25, -0.2) is 0 Å². The molecule has 1 atom stereocenters. The molecule has 6 nitrogen and oxygen atoms in total. The fourth-order valence-electron chi connectivity index (χ4n) is 3.90. The maximum Gasteiger partial charge on any atom is 0.242 e. The number of methoxy groups -OCH3 is 1. The van der Waals surface area contributed by atoms with Crippen molar-refractivity contribution in [3.05, 3.63) is 46.2 Å². The molecule has 0 spiro atoms. The zero-order chi connectivity index (χ0) is 22.4. The van der Waals surface area contributed by atoms with Crippen LogP contribution in [0.25, 0.3) is 0 Å². The third-order valence-corrected chi connectivity index (χ3v) is 6.49. The minimum Gasteiger partial charge on any atom is -0.497 e. The van der Waals surface area contributed by atoms with Gasteiger partial charge in [0, 0.05) is 30.0 Å². The molecule has 0 unspecified atom stereocenters. The summed E-state index contributed by atoms with van der Waals surface area (Å²) in [6.45, 7) is 7.46. The second kappa shape index (κ2) is 10.7. The summed E-state index contributed by atoms with van der Waals surface area (Å²) in [4.78, 5) is 30.8. The Morgan fingerprint density at radius 2 is 2.03 bits per heavy atom. The highest BCUT2D eigenvalue weighted by atomic mass is 32.1. The normalized spacial score (nSPS) is 15.5. The Morgan fingerprint density at radius 1 is 1.26 bits per heavy atom. The van der Waals surface area contributed by atoms with E-state index in [1.54, 1.807) is 23.3 Å². The van der Waals surface area contributed by atoms with E-state index in [0.717, 1.165) is 24.2 Å². The number of amides is 2. The molecule has 0 saturated carbocycles. The number of fused-ring (bicyclic) bond motifs is 1. The summed E-state index contributed by atoms with van der Waals surface area (Å²) in [7, 11) is 1.62. The topological polar surface area (TPSA) is 59.1 Å². The van der Waals surface area contributed by atoms with Crippen molar-refractivity contribution in [3.8, 4) is 11.5 Å². The number of nitrogens with zero attached hydrogens (tertiary/aromatic N) is 2. The van der Waals surface area contributed by atoms with E-state index in [1.807, 2.05) is 49.9 Å². The Morgan fingerprint density at radius 3 is 2.74 bits per heavy atom. The van der Waals surface area contributed by atoms with Crippen LogP contribution in [0.1, 0.15) is 43.7 Å². The van der Waals surface area contributed by atoms with Crippen molar-refractivity contribution in [1.29, 1.82) is 0 Å². The van der Waals surface area contributed by atoms with Crippen LogP contribution in [0.15, 0.2) is 35.7 Å². The molecule has 0 radical (unpaired) electrons. The van der Waals surface area contributed by atoms with Crippen LogP contribution in [-0.2, 0) is 16.0 Å². The van der Waals surface area contributed by atoms with Crippen LogP contribution in [0.3, 0.4) is 0 Å². The summed E-state index contributed by atoms with van der Waals surface area (Å²) in [5.74, 6) is 1.30. The maximum absolute atomic E-state index is 13.3. The van der Waals surface area contributed by atoms with Gasteiger partial charge in [-0.1, -0.05) is 26.8 Å². The minimum atomic E-state index is -0.175. The lowest BCUT2D eigenvalue weighted by Crippen LogP contribution is -2.48. The van der Waals surface area contributed by atoms with Crippen molar-refractivity contribution in [2.45, 2.75) is 39.7 Å². The van der Waals surface area contributed by atoms with Crippen LogP contribution in [-0.4, -0.2) is 55.0 Å². The van der Waals surface area contributed by atoms with Crippen LogP contribution in [0.2, 0.25) is 0 Å². The Hall–Kier alpha value is -2.54. The highest BCUT2D eigenvalue weighted by Gasteiger charge is 2.33. The Bertz CT molecular complexity index is 895. The zero-order valence-corrected chi connectivity index (χ0v) is 19.6. The van der Waals surface area contributed by atoms with Crippen molar-refractivity contribution in [1.82, 2.24) is 9.80 Å². The molecule has 2 heterocycles. The average Bonchev–Trinajstić information content (AvgIpc) is 3.25. The lowest BCUT2D eigenvalue weighted by atomic mass is 10.00. The molecule has 168 valence electrons. The van der Waals surface area contributed by atoms with Gasteiger partial charge in [0.15, 0.2) is 0 Å². The van der Waals surface area contributed by atoms with Crippen LogP contribution in [0.5, 0.6) is 11.5 Å². The summed E-state index contributed by atoms with van der Waals surface area (Å²) in [6, 6.07) is 9.39. The summed E-state index contributed by atoms with van der Waals surface area (Å²) < 4.78 is 11.4. The lowest BCUT2D eigenvalue weighted by Gasteiger charge is -2.37. The van der Waals surface area contributed by atoms with E-state index in [-0.39, 0.29) is 30.3 Å². The molecule has 31 heavy (non-hydrogen) atoms. The van der Waals surface area contributed by atoms with Crippen molar-refractivity contribution in [2.24, 2.45) is 5.92 Å². The van der Waals surface area contributed by atoms with E-state index in [1.165, 1.54) is 4.88 Å². The van der Waals surface area contributed by atoms with E-state index >= 15 is 0 Å². The molecule has 3 rings (SSSR count). The van der Waals surface area contributed by atoms with E-state index in [9.17, 15) is 9.59 Å². The van der Waals surface area contributed by atoms with Gasteiger partial charge in [-0.3, -0.25) is 9.59 Å². The molecular weight excluding hydrogens is 412 g/mol. The largest absolute Gasteiger partial charge is 0.497 e. The van der Waals surface area contributed by atoms with Crippen molar-refractivity contribution in [2.75, 3.05) is 33.4 Å². The van der Waals surface area contributed by atoms with Gasteiger partial charge < -0.3 is 19.3 Å². The first kappa shape index (κ1) is 23.1. The van der Waals surface area contributed by atoms with Gasteiger partial charge in [0.2, 0.25) is 11.8 Å². The molecule has 1 aromatic carbocycles. The van der Waals surface area contributed by atoms with Crippen LogP contribution < -0.4 is 9.47 Å². The standard InChI is InChI=1S/C24H32N2O4S/c1-5-11-25(24(28)17(2)3)15-23(27)26-12-9-22-20(10-13-31-22)21(26)16-30-19-8-6-7-18(14-19)29-4/h6-8,10,13-14,17,21H,5,9,11-12,15-16H2,1-4H3/t21-/m1/s1. The summed E-state index contributed by atoms with van der Waals surface area (Å²) in [6.07, 6.45) is 1.66. The number of carbonyl (C=O) groups is 2. The Kier molecular flexibility index (Phi) is 7.96. The zero-order valence-electron chi connectivity index (χ0n) is 18.8. The van der Waals surface area contributed by atoms with E-state index in [2.05, 4.69) is 11.4 Å². The third kappa shape index (κ3) is 5.58. The van der Waals surface area contributed by atoms with Gasteiger partial charge in [-0.2, -0.15) is 0 Å². The predicted molar refractivity (Wildman–Crippen MR) is 123 cm³/mol. The van der Waals surface area contributed by atoms with E-state index < -0.39 is 0 Å². The molecule has 2 aromatic rings. The first-order chi connectivity index (χ1) is 14.9. The first-order valence-corrected chi connectivity index (χ1v) is 11.7. The van der Waals surface area contributed by atoms with Gasteiger partial charge in [0.1, 0.15) is 18.1 Å². The fraction of sp³-hybridized carbons (Fsp3) is 0.500. The number of hydrogen-bond donors (Lipinski definition) is 0. The summed E-state index contributed by atoms with van der Waals surface area (Å²) >= 11 is 1.72. The van der Waals surface area contributed by atoms with Crippen LogP contribution >= 0.6 is 11.3 Å². The van der Waals surface area contributed by atoms with E-state index in [0.29, 0.717) is 25.4 Å². The predicted octanol–water partition coefficient (Wildman–Crippen LogP) is 4.16. The summed E-state index contributed by atoms with van der Waals surface area (Å²) in [5.41, 5.74) is 1.14. The smallest absolute Gasteiger partial charge is 0.242 e.